The van der Waals surface area contributed by atoms with Crippen LogP contribution in [-0.2, 0) is 15.8 Å². The molecule has 3 nitrogen and oxygen atoms in total. The maximum absolute atomic E-state index is 13.7. The first-order chi connectivity index (χ1) is 8.63. The lowest BCUT2D eigenvalue weighted by Gasteiger charge is -2.18. The Balaban J connectivity index is 3.26. The predicted molar refractivity (Wildman–Crippen MR) is 74.3 cm³/mol. The van der Waals surface area contributed by atoms with Gasteiger partial charge < -0.3 is 5.32 Å². The lowest BCUT2D eigenvalue weighted by molar-refractivity contribution is -0.00137. The van der Waals surface area contributed by atoms with Gasteiger partial charge >= 0.3 is 0 Å². The van der Waals surface area contributed by atoms with Crippen molar-refractivity contribution in [2.24, 2.45) is 0 Å². The molecule has 0 bridgehead atoms. The molecule has 1 N–H and O–H groups in total. The third kappa shape index (κ3) is 3.52. The fourth-order valence-electron chi connectivity index (χ4n) is 1.54. The Labute approximate surface area is 120 Å². The van der Waals surface area contributed by atoms with Gasteiger partial charge in [-0.1, -0.05) is 6.07 Å². The molecule has 0 spiro atoms. The van der Waals surface area contributed by atoms with Crippen molar-refractivity contribution in [1.29, 1.82) is 0 Å². The molecule has 19 heavy (non-hydrogen) atoms. The summed E-state index contributed by atoms with van der Waals surface area (Å²) in [4.78, 5) is 0.0338. The summed E-state index contributed by atoms with van der Waals surface area (Å²) in [5.41, 5.74) is -0.226. The molecule has 0 aliphatic rings. The molecule has 0 aromatic heterocycles. The molecule has 1 rings (SSSR count). The quantitative estimate of drug-likeness (QED) is 0.883. The minimum Gasteiger partial charge on any atom is -0.314 e. The number of nitrogens with one attached hydrogen (secondary N) is 1. The highest BCUT2D eigenvalue weighted by Crippen LogP contribution is 2.33. The van der Waals surface area contributed by atoms with E-state index in [2.05, 4.69) is 21.2 Å². The van der Waals surface area contributed by atoms with Gasteiger partial charge in [0, 0.05) is 10.0 Å². The number of alkyl halides is 2. The topological polar surface area (TPSA) is 46.2 Å². The fourth-order valence-corrected chi connectivity index (χ4v) is 3.69. The van der Waals surface area contributed by atoms with Crippen molar-refractivity contribution in [2.45, 2.75) is 29.9 Å². The molecule has 0 saturated heterocycles. The Hall–Kier alpha value is -0.530. The second-order valence-corrected chi connectivity index (χ2v) is 7.80. The predicted octanol–water partition coefficient (Wildman–Crippen LogP) is 2.94. The van der Waals surface area contributed by atoms with Crippen LogP contribution in [0.2, 0.25) is 0 Å². The van der Waals surface area contributed by atoms with Crippen LogP contribution in [0, 0.1) is 0 Å². The minimum absolute atomic E-state index is 0.0338. The number of benzene rings is 1. The Kier molecular flexibility index (Phi) is 5.08. The standard InChI is InChI=1S/C12H16BrF2NO2S/c1-8(2)19(17,18)11-5-4-9(6-10(11)13)12(14,15)7-16-3/h4-6,8,16H,7H2,1-3H3. The van der Waals surface area contributed by atoms with E-state index in [0.717, 1.165) is 12.1 Å². The van der Waals surface area contributed by atoms with Gasteiger partial charge in [0.1, 0.15) is 0 Å². The molecule has 0 aliphatic carbocycles. The number of halogens is 3. The average molecular weight is 356 g/mol. The van der Waals surface area contributed by atoms with Crippen LogP contribution in [-0.4, -0.2) is 27.3 Å². The number of rotatable bonds is 5. The van der Waals surface area contributed by atoms with E-state index in [-0.39, 0.29) is 14.9 Å². The molecular formula is C12H16BrF2NO2S. The number of hydrogen-bond donors (Lipinski definition) is 1. The van der Waals surface area contributed by atoms with Crippen LogP contribution >= 0.6 is 15.9 Å². The number of sulfone groups is 1. The minimum atomic E-state index is -3.49. The molecule has 0 unspecified atom stereocenters. The van der Waals surface area contributed by atoms with Crippen LogP contribution in [0.15, 0.2) is 27.6 Å². The van der Waals surface area contributed by atoms with Gasteiger partial charge in [0.25, 0.3) is 5.92 Å². The Morgan fingerprint density at radius 3 is 2.37 bits per heavy atom. The van der Waals surface area contributed by atoms with Crippen molar-refractivity contribution in [3.05, 3.63) is 28.2 Å². The molecule has 7 heteroatoms. The third-order valence-electron chi connectivity index (χ3n) is 2.68. The van der Waals surface area contributed by atoms with Gasteiger partial charge in [-0.15, -0.1) is 0 Å². The lowest BCUT2D eigenvalue weighted by Crippen LogP contribution is -2.28. The van der Waals surface area contributed by atoms with Crippen LogP contribution < -0.4 is 5.32 Å². The second-order valence-electron chi connectivity index (χ2n) is 4.47. The van der Waals surface area contributed by atoms with Gasteiger partial charge in [-0.2, -0.15) is 8.78 Å². The van der Waals surface area contributed by atoms with Crippen LogP contribution in [0.4, 0.5) is 8.78 Å². The molecule has 1 aromatic rings. The molecule has 0 atom stereocenters. The molecule has 0 aliphatic heterocycles. The zero-order valence-corrected chi connectivity index (χ0v) is 13.3. The van der Waals surface area contributed by atoms with E-state index in [1.165, 1.54) is 13.1 Å². The summed E-state index contributed by atoms with van der Waals surface area (Å²) in [5.74, 6) is -3.04. The van der Waals surface area contributed by atoms with Crippen LogP contribution in [0.25, 0.3) is 0 Å². The van der Waals surface area contributed by atoms with Gasteiger partial charge in [0.2, 0.25) is 0 Å². The fraction of sp³-hybridized carbons (Fsp3) is 0.500. The Bertz CT molecular complexity index is 559. The Morgan fingerprint density at radius 1 is 1.37 bits per heavy atom. The summed E-state index contributed by atoms with van der Waals surface area (Å²) in [5, 5.41) is 1.80. The maximum atomic E-state index is 13.7. The highest BCUT2D eigenvalue weighted by atomic mass is 79.9. The van der Waals surface area contributed by atoms with E-state index in [0.29, 0.717) is 0 Å². The maximum Gasteiger partial charge on any atom is 0.285 e. The molecular weight excluding hydrogens is 340 g/mol. The summed E-state index contributed by atoms with van der Waals surface area (Å²) >= 11 is 3.06. The van der Waals surface area contributed by atoms with E-state index >= 15 is 0 Å². The summed E-state index contributed by atoms with van der Waals surface area (Å²) in [7, 11) is -2.06. The lowest BCUT2D eigenvalue weighted by atomic mass is 10.1. The summed E-state index contributed by atoms with van der Waals surface area (Å²) in [6, 6.07) is 3.53. The normalized spacial score (nSPS) is 13.0. The largest absolute Gasteiger partial charge is 0.314 e. The number of hydrogen-bond acceptors (Lipinski definition) is 3. The van der Waals surface area contributed by atoms with Crippen molar-refractivity contribution >= 4 is 25.8 Å². The smallest absolute Gasteiger partial charge is 0.285 e. The van der Waals surface area contributed by atoms with Gasteiger partial charge in [0.15, 0.2) is 9.84 Å². The zero-order chi connectivity index (χ0) is 14.8. The van der Waals surface area contributed by atoms with Crippen LogP contribution in [0.5, 0.6) is 0 Å². The molecule has 0 amide bonds. The van der Waals surface area contributed by atoms with Gasteiger partial charge in [-0.25, -0.2) is 8.42 Å². The van der Waals surface area contributed by atoms with Crippen molar-refractivity contribution in [2.75, 3.05) is 13.6 Å². The second kappa shape index (κ2) is 5.85. The van der Waals surface area contributed by atoms with Crippen molar-refractivity contribution in [3.8, 4) is 0 Å². The third-order valence-corrected chi connectivity index (χ3v) is 5.81. The van der Waals surface area contributed by atoms with E-state index in [1.807, 2.05) is 0 Å². The monoisotopic (exact) mass is 355 g/mol. The van der Waals surface area contributed by atoms with Gasteiger partial charge in [0.05, 0.1) is 16.7 Å². The average Bonchev–Trinajstić information content (AvgIpc) is 2.28. The highest BCUT2D eigenvalue weighted by Gasteiger charge is 2.32. The molecule has 108 valence electrons. The first kappa shape index (κ1) is 16.5. The van der Waals surface area contributed by atoms with E-state index < -0.39 is 27.6 Å². The summed E-state index contributed by atoms with van der Waals surface area (Å²) in [6.07, 6.45) is 0. The molecule has 0 saturated carbocycles. The molecule has 1 aromatic carbocycles. The highest BCUT2D eigenvalue weighted by molar-refractivity contribution is 9.10. The van der Waals surface area contributed by atoms with Crippen LogP contribution in [0.3, 0.4) is 0 Å². The first-order valence-corrected chi connectivity index (χ1v) is 8.03. The first-order valence-electron chi connectivity index (χ1n) is 5.69. The molecule has 0 radical (unpaired) electrons. The van der Waals surface area contributed by atoms with Crippen molar-refractivity contribution in [3.63, 3.8) is 0 Å². The van der Waals surface area contributed by atoms with E-state index in [4.69, 9.17) is 0 Å². The van der Waals surface area contributed by atoms with Gasteiger partial charge in [-0.05, 0) is 49.0 Å². The van der Waals surface area contributed by atoms with Gasteiger partial charge in [-0.3, -0.25) is 0 Å². The van der Waals surface area contributed by atoms with Crippen molar-refractivity contribution < 1.29 is 17.2 Å². The summed E-state index contributed by atoms with van der Waals surface area (Å²) < 4.78 is 51.6. The van der Waals surface area contributed by atoms with Crippen LogP contribution in [0.1, 0.15) is 19.4 Å². The van der Waals surface area contributed by atoms with E-state index in [9.17, 15) is 17.2 Å². The SMILES string of the molecule is CNCC(F)(F)c1ccc(S(=O)(=O)C(C)C)c(Br)c1. The number of likely N-dealkylation sites (N-methyl/N-ethyl adjacent to an activating group) is 1. The molecule has 0 heterocycles. The summed E-state index contributed by atoms with van der Waals surface area (Å²) in [6.45, 7) is 2.59. The van der Waals surface area contributed by atoms with Crippen molar-refractivity contribution in [1.82, 2.24) is 5.32 Å². The zero-order valence-electron chi connectivity index (χ0n) is 10.9. The van der Waals surface area contributed by atoms with E-state index in [1.54, 1.807) is 13.8 Å². The Morgan fingerprint density at radius 2 is 1.95 bits per heavy atom. The molecule has 0 fully saturated rings.